The van der Waals surface area contributed by atoms with Crippen molar-refractivity contribution in [3.05, 3.63) is 58.6 Å². The third kappa shape index (κ3) is 6.74. The number of carbonyl (C=O) groups is 3. The Kier molecular flexibility index (Phi) is 7.44. The van der Waals surface area contributed by atoms with Crippen molar-refractivity contribution >= 4 is 52.4 Å². The number of hydrogen-bond acceptors (Lipinski definition) is 4. The summed E-state index contributed by atoms with van der Waals surface area (Å²) in [6.07, 6.45) is -0.235. The van der Waals surface area contributed by atoms with Gasteiger partial charge in [-0.2, -0.15) is 0 Å². The highest BCUT2D eigenvalue weighted by atomic mass is 35.5. The molecule has 8 heteroatoms. The van der Waals surface area contributed by atoms with Crippen LogP contribution in [-0.4, -0.2) is 24.4 Å². The Balaban J connectivity index is 1.69. The molecule has 0 aliphatic rings. The van der Waals surface area contributed by atoms with Crippen LogP contribution >= 0.6 is 23.2 Å². The molecule has 0 heterocycles. The van der Waals surface area contributed by atoms with E-state index in [1.54, 1.807) is 48.5 Å². The van der Waals surface area contributed by atoms with E-state index < -0.39 is 18.5 Å². The average molecular weight is 395 g/mol. The Morgan fingerprint density at radius 3 is 2.38 bits per heavy atom. The first kappa shape index (κ1) is 19.8. The van der Waals surface area contributed by atoms with Crippen molar-refractivity contribution in [3.63, 3.8) is 0 Å². The lowest BCUT2D eigenvalue weighted by Gasteiger charge is -2.08. The molecule has 2 N–H and O–H groups in total. The molecular weight excluding hydrogens is 379 g/mol. The minimum atomic E-state index is -0.652. The lowest BCUT2D eigenvalue weighted by Crippen LogP contribution is -2.21. The summed E-state index contributed by atoms with van der Waals surface area (Å²) in [6, 6.07) is 13.3. The van der Waals surface area contributed by atoms with E-state index in [0.717, 1.165) is 0 Å². The standard InChI is InChI=1S/C18H16Cl2N2O4/c19-12-4-3-5-13(10-12)21-17(24)11-26-18(25)9-8-16(23)22-15-7-2-1-6-14(15)20/h1-7,10H,8-9,11H2,(H,21,24)(H,22,23). The quantitative estimate of drug-likeness (QED) is 0.697. The molecule has 136 valence electrons. The van der Waals surface area contributed by atoms with Crippen LogP contribution in [0, 0.1) is 0 Å². The van der Waals surface area contributed by atoms with Crippen molar-refractivity contribution in [2.45, 2.75) is 12.8 Å². The van der Waals surface area contributed by atoms with Crippen LogP contribution < -0.4 is 10.6 Å². The first-order chi connectivity index (χ1) is 12.4. The fourth-order valence-corrected chi connectivity index (χ4v) is 2.35. The number of halogens is 2. The third-order valence-electron chi connectivity index (χ3n) is 3.18. The van der Waals surface area contributed by atoms with Gasteiger partial charge in [0.05, 0.1) is 17.1 Å². The highest BCUT2D eigenvalue weighted by Gasteiger charge is 2.12. The Morgan fingerprint density at radius 2 is 1.65 bits per heavy atom. The van der Waals surface area contributed by atoms with Crippen LogP contribution in [0.25, 0.3) is 0 Å². The summed E-state index contributed by atoms with van der Waals surface area (Å²) in [5.41, 5.74) is 0.964. The molecule has 0 saturated heterocycles. The van der Waals surface area contributed by atoms with E-state index in [0.29, 0.717) is 21.4 Å². The molecular formula is C18H16Cl2N2O4. The zero-order valence-electron chi connectivity index (χ0n) is 13.6. The smallest absolute Gasteiger partial charge is 0.306 e. The fourth-order valence-electron chi connectivity index (χ4n) is 1.97. The van der Waals surface area contributed by atoms with Crippen LogP contribution in [0.3, 0.4) is 0 Å². The number of esters is 1. The summed E-state index contributed by atoms with van der Waals surface area (Å²) >= 11 is 11.7. The Hall–Kier alpha value is -2.57. The highest BCUT2D eigenvalue weighted by Crippen LogP contribution is 2.20. The number of anilines is 2. The van der Waals surface area contributed by atoms with Gasteiger partial charge in [0.25, 0.3) is 5.91 Å². The predicted molar refractivity (Wildman–Crippen MR) is 100 cm³/mol. The van der Waals surface area contributed by atoms with Gasteiger partial charge in [-0.15, -0.1) is 0 Å². The van der Waals surface area contributed by atoms with Gasteiger partial charge >= 0.3 is 5.97 Å². The lowest BCUT2D eigenvalue weighted by molar-refractivity contribution is -0.147. The summed E-state index contributed by atoms with van der Waals surface area (Å²) in [5, 5.41) is 6.03. The molecule has 0 unspecified atom stereocenters. The number of benzene rings is 2. The number of para-hydroxylation sites is 1. The number of nitrogens with one attached hydrogen (secondary N) is 2. The molecule has 0 bridgehead atoms. The van der Waals surface area contributed by atoms with Crippen molar-refractivity contribution in [1.82, 2.24) is 0 Å². The molecule has 0 fully saturated rings. The van der Waals surface area contributed by atoms with Gasteiger partial charge in [0.2, 0.25) is 5.91 Å². The Morgan fingerprint density at radius 1 is 0.885 bits per heavy atom. The zero-order valence-corrected chi connectivity index (χ0v) is 15.1. The molecule has 0 spiro atoms. The maximum Gasteiger partial charge on any atom is 0.306 e. The Bertz CT molecular complexity index is 811. The van der Waals surface area contributed by atoms with Gasteiger partial charge in [-0.1, -0.05) is 41.4 Å². The Labute approximate surface area is 160 Å². The third-order valence-corrected chi connectivity index (χ3v) is 3.74. The van der Waals surface area contributed by atoms with Gasteiger partial charge in [0, 0.05) is 17.1 Å². The van der Waals surface area contributed by atoms with Crippen molar-refractivity contribution < 1.29 is 19.1 Å². The van der Waals surface area contributed by atoms with Crippen LogP contribution in [0.2, 0.25) is 10.0 Å². The summed E-state index contributed by atoms with van der Waals surface area (Å²) in [5.74, 6) is -1.53. The zero-order chi connectivity index (χ0) is 18.9. The highest BCUT2D eigenvalue weighted by molar-refractivity contribution is 6.33. The topological polar surface area (TPSA) is 84.5 Å². The van der Waals surface area contributed by atoms with Crippen LogP contribution in [0.4, 0.5) is 11.4 Å². The fraction of sp³-hybridized carbons (Fsp3) is 0.167. The van der Waals surface area contributed by atoms with Crippen LogP contribution in [0.5, 0.6) is 0 Å². The summed E-state index contributed by atoms with van der Waals surface area (Å²) in [7, 11) is 0. The van der Waals surface area contributed by atoms with E-state index in [4.69, 9.17) is 27.9 Å². The molecule has 0 atom stereocenters. The molecule has 0 saturated carbocycles. The number of hydrogen-bond donors (Lipinski definition) is 2. The number of ether oxygens (including phenoxy) is 1. The van der Waals surface area contributed by atoms with Crippen LogP contribution in [0.15, 0.2) is 48.5 Å². The molecule has 2 aromatic carbocycles. The summed E-state index contributed by atoms with van der Waals surface area (Å²) < 4.78 is 4.84. The van der Waals surface area contributed by atoms with Gasteiger partial charge < -0.3 is 15.4 Å². The van der Waals surface area contributed by atoms with Crippen molar-refractivity contribution in [1.29, 1.82) is 0 Å². The molecule has 2 amide bonds. The van der Waals surface area contributed by atoms with E-state index in [2.05, 4.69) is 10.6 Å². The van der Waals surface area contributed by atoms with Gasteiger partial charge in [0.15, 0.2) is 6.61 Å². The average Bonchev–Trinajstić information content (AvgIpc) is 2.60. The number of amides is 2. The van der Waals surface area contributed by atoms with Gasteiger partial charge in [-0.25, -0.2) is 0 Å². The molecule has 0 aliphatic heterocycles. The van der Waals surface area contributed by atoms with E-state index in [1.165, 1.54) is 0 Å². The van der Waals surface area contributed by atoms with E-state index in [9.17, 15) is 14.4 Å². The SMILES string of the molecule is O=C(COC(=O)CCC(=O)Nc1ccccc1Cl)Nc1cccc(Cl)c1. The molecule has 6 nitrogen and oxygen atoms in total. The second-order valence-electron chi connectivity index (χ2n) is 5.25. The second kappa shape index (κ2) is 9.79. The number of rotatable bonds is 7. The maximum atomic E-state index is 11.8. The minimum absolute atomic E-state index is 0.0834. The van der Waals surface area contributed by atoms with Crippen molar-refractivity contribution in [3.8, 4) is 0 Å². The van der Waals surface area contributed by atoms with Gasteiger partial charge in [-0.3, -0.25) is 14.4 Å². The van der Waals surface area contributed by atoms with Crippen molar-refractivity contribution in [2.75, 3.05) is 17.2 Å². The van der Waals surface area contributed by atoms with Gasteiger partial charge in [-0.05, 0) is 30.3 Å². The molecule has 0 aliphatic carbocycles. The molecule has 26 heavy (non-hydrogen) atoms. The predicted octanol–water partition coefficient (Wildman–Crippen LogP) is 3.89. The maximum absolute atomic E-state index is 11.8. The van der Waals surface area contributed by atoms with Gasteiger partial charge in [0.1, 0.15) is 0 Å². The lowest BCUT2D eigenvalue weighted by atomic mass is 10.2. The van der Waals surface area contributed by atoms with Crippen LogP contribution in [-0.2, 0) is 19.1 Å². The van der Waals surface area contributed by atoms with E-state index in [-0.39, 0.29) is 18.7 Å². The summed E-state index contributed by atoms with van der Waals surface area (Å²) in [4.78, 5) is 35.2. The van der Waals surface area contributed by atoms with Crippen LogP contribution in [0.1, 0.15) is 12.8 Å². The molecule has 0 radical (unpaired) electrons. The van der Waals surface area contributed by atoms with E-state index in [1.807, 2.05) is 0 Å². The minimum Gasteiger partial charge on any atom is -0.456 e. The number of carbonyl (C=O) groups excluding carboxylic acids is 3. The molecule has 2 aromatic rings. The molecule has 2 rings (SSSR count). The normalized spacial score (nSPS) is 10.1. The van der Waals surface area contributed by atoms with Crippen molar-refractivity contribution in [2.24, 2.45) is 0 Å². The largest absolute Gasteiger partial charge is 0.456 e. The first-order valence-corrected chi connectivity index (χ1v) is 8.45. The molecule has 0 aromatic heterocycles. The first-order valence-electron chi connectivity index (χ1n) is 7.69. The summed E-state index contributed by atoms with van der Waals surface area (Å²) in [6.45, 7) is -0.447. The van der Waals surface area contributed by atoms with E-state index >= 15 is 0 Å². The second-order valence-corrected chi connectivity index (χ2v) is 6.09. The monoisotopic (exact) mass is 394 g/mol.